The molecule has 1 heterocycles. The van der Waals surface area contributed by atoms with Crippen molar-refractivity contribution in [3.05, 3.63) is 48.2 Å². The molecule has 2 rings (SSSR count). The lowest BCUT2D eigenvalue weighted by Crippen LogP contribution is -2.31. The summed E-state index contributed by atoms with van der Waals surface area (Å²) >= 11 is 0. The SMILES string of the molecule is CNc1cc[n+](C)c(OS(=O)(=O)c2ccc(C)cc2)c1. The Morgan fingerprint density at radius 3 is 2.40 bits per heavy atom. The number of rotatable bonds is 4. The summed E-state index contributed by atoms with van der Waals surface area (Å²) in [6.07, 6.45) is 1.73. The standard InChI is InChI=1S/C14H16N2O3S/c1-11-4-6-13(7-5-11)20(17,18)19-14-10-12(15-2)8-9-16(14)3/h4-10H,1-3H3/p+1. The molecule has 0 saturated heterocycles. The van der Waals surface area contributed by atoms with Crippen molar-refractivity contribution in [1.29, 1.82) is 0 Å². The molecule has 0 spiro atoms. The van der Waals surface area contributed by atoms with Gasteiger partial charge in [0.1, 0.15) is 11.9 Å². The van der Waals surface area contributed by atoms with Gasteiger partial charge in [-0.15, -0.1) is 0 Å². The highest BCUT2D eigenvalue weighted by Crippen LogP contribution is 2.18. The van der Waals surface area contributed by atoms with Gasteiger partial charge < -0.3 is 9.50 Å². The van der Waals surface area contributed by atoms with E-state index >= 15 is 0 Å². The fraction of sp³-hybridized carbons (Fsp3) is 0.214. The van der Waals surface area contributed by atoms with Crippen molar-refractivity contribution in [2.75, 3.05) is 12.4 Å². The van der Waals surface area contributed by atoms with Crippen LogP contribution in [-0.4, -0.2) is 15.5 Å². The second-order valence-corrected chi connectivity index (χ2v) is 6.01. The number of aryl methyl sites for hydroxylation is 2. The summed E-state index contributed by atoms with van der Waals surface area (Å²) in [6.45, 7) is 1.90. The fourth-order valence-electron chi connectivity index (χ4n) is 1.65. The van der Waals surface area contributed by atoms with Gasteiger partial charge in [0.2, 0.25) is 0 Å². The molecule has 0 aliphatic carbocycles. The average molecular weight is 293 g/mol. The fourth-order valence-corrected chi connectivity index (χ4v) is 2.61. The van der Waals surface area contributed by atoms with E-state index < -0.39 is 10.1 Å². The third-order valence-corrected chi connectivity index (χ3v) is 4.14. The predicted molar refractivity (Wildman–Crippen MR) is 76.2 cm³/mol. The van der Waals surface area contributed by atoms with Crippen molar-refractivity contribution in [2.45, 2.75) is 11.8 Å². The van der Waals surface area contributed by atoms with Crippen molar-refractivity contribution in [3.63, 3.8) is 0 Å². The van der Waals surface area contributed by atoms with E-state index in [9.17, 15) is 8.42 Å². The average Bonchev–Trinajstić information content (AvgIpc) is 2.41. The van der Waals surface area contributed by atoms with E-state index in [1.54, 1.807) is 43.1 Å². The molecule has 0 aliphatic heterocycles. The van der Waals surface area contributed by atoms with Crippen molar-refractivity contribution < 1.29 is 17.2 Å². The third kappa shape index (κ3) is 3.08. The van der Waals surface area contributed by atoms with Gasteiger partial charge in [0.05, 0.1) is 11.8 Å². The third-order valence-electron chi connectivity index (χ3n) is 2.90. The molecule has 0 unspecified atom stereocenters. The van der Waals surface area contributed by atoms with Crippen LogP contribution in [0.2, 0.25) is 0 Å². The van der Waals surface area contributed by atoms with Gasteiger partial charge in [-0.25, -0.2) is 0 Å². The summed E-state index contributed by atoms with van der Waals surface area (Å²) in [5, 5.41) is 2.94. The monoisotopic (exact) mass is 293 g/mol. The smallest absolute Gasteiger partial charge is 0.385 e. The lowest BCUT2D eigenvalue weighted by Gasteiger charge is -2.06. The number of hydrogen-bond acceptors (Lipinski definition) is 4. The lowest BCUT2D eigenvalue weighted by atomic mass is 10.2. The molecule has 0 bridgehead atoms. The van der Waals surface area contributed by atoms with Crippen LogP contribution in [0.3, 0.4) is 0 Å². The Kier molecular flexibility index (Phi) is 3.94. The zero-order valence-electron chi connectivity index (χ0n) is 11.6. The van der Waals surface area contributed by atoms with Gasteiger partial charge in [-0.05, 0) is 19.1 Å². The first-order valence-corrected chi connectivity index (χ1v) is 7.52. The van der Waals surface area contributed by atoms with E-state index in [0.717, 1.165) is 11.3 Å². The van der Waals surface area contributed by atoms with E-state index in [-0.39, 0.29) is 10.8 Å². The van der Waals surface area contributed by atoms with E-state index in [0.29, 0.717) is 0 Å². The first-order chi connectivity index (χ1) is 9.42. The Labute approximate surface area is 119 Å². The molecule has 106 valence electrons. The topological polar surface area (TPSA) is 59.3 Å². The van der Waals surface area contributed by atoms with Crippen molar-refractivity contribution >= 4 is 15.8 Å². The highest BCUT2D eigenvalue weighted by molar-refractivity contribution is 7.87. The highest BCUT2D eigenvalue weighted by Gasteiger charge is 2.21. The number of nitrogens with zero attached hydrogens (tertiary/aromatic N) is 1. The highest BCUT2D eigenvalue weighted by atomic mass is 32.2. The molecule has 0 amide bonds. The van der Waals surface area contributed by atoms with Gasteiger partial charge in [0, 0.05) is 13.1 Å². The Bertz CT molecular complexity index is 710. The minimum atomic E-state index is -3.83. The second-order valence-electron chi connectivity index (χ2n) is 4.47. The molecular formula is C14H17N2O3S+. The Balaban J connectivity index is 2.35. The zero-order valence-corrected chi connectivity index (χ0v) is 12.4. The van der Waals surface area contributed by atoms with E-state index in [1.165, 1.54) is 12.1 Å². The molecule has 20 heavy (non-hydrogen) atoms. The van der Waals surface area contributed by atoms with Gasteiger partial charge in [0.25, 0.3) is 0 Å². The molecule has 0 saturated carbocycles. The van der Waals surface area contributed by atoms with Crippen LogP contribution in [0.1, 0.15) is 5.56 Å². The molecule has 0 aliphatic rings. The van der Waals surface area contributed by atoms with Gasteiger partial charge >= 0.3 is 16.0 Å². The normalized spacial score (nSPS) is 11.2. The van der Waals surface area contributed by atoms with Crippen molar-refractivity contribution in [2.24, 2.45) is 7.05 Å². The quantitative estimate of drug-likeness (QED) is 0.687. The van der Waals surface area contributed by atoms with Crippen LogP contribution >= 0.6 is 0 Å². The Hall–Kier alpha value is -2.08. The number of pyridine rings is 1. The second kappa shape index (κ2) is 5.50. The number of benzene rings is 1. The van der Waals surface area contributed by atoms with Crippen LogP contribution in [0.4, 0.5) is 5.69 Å². The Morgan fingerprint density at radius 1 is 1.15 bits per heavy atom. The number of aromatic nitrogens is 1. The van der Waals surface area contributed by atoms with Crippen LogP contribution in [0.5, 0.6) is 5.88 Å². The predicted octanol–water partition coefficient (Wildman–Crippen LogP) is 1.63. The van der Waals surface area contributed by atoms with E-state index in [4.69, 9.17) is 4.18 Å². The van der Waals surface area contributed by atoms with Crippen LogP contribution in [-0.2, 0) is 17.2 Å². The van der Waals surface area contributed by atoms with E-state index in [1.807, 2.05) is 13.0 Å². The summed E-state index contributed by atoms with van der Waals surface area (Å²) in [4.78, 5) is 0.137. The summed E-state index contributed by atoms with van der Waals surface area (Å²) in [7, 11) is -0.347. The molecule has 1 N–H and O–H groups in total. The number of nitrogens with one attached hydrogen (secondary N) is 1. The van der Waals surface area contributed by atoms with Gasteiger partial charge in [0.15, 0.2) is 6.20 Å². The molecule has 1 aromatic heterocycles. The summed E-state index contributed by atoms with van der Waals surface area (Å²) in [5.41, 5.74) is 1.77. The maximum Gasteiger partial charge on any atom is 0.385 e. The first kappa shape index (κ1) is 14.3. The molecule has 2 aromatic rings. The van der Waals surface area contributed by atoms with Crippen LogP contribution in [0, 0.1) is 6.92 Å². The van der Waals surface area contributed by atoms with Crippen molar-refractivity contribution in [3.8, 4) is 5.88 Å². The van der Waals surface area contributed by atoms with Crippen LogP contribution in [0.15, 0.2) is 47.5 Å². The molecule has 0 radical (unpaired) electrons. The minimum absolute atomic E-state index is 0.137. The lowest BCUT2D eigenvalue weighted by molar-refractivity contribution is -0.674. The minimum Gasteiger partial charge on any atom is -0.388 e. The summed E-state index contributed by atoms with van der Waals surface area (Å²) < 4.78 is 31.2. The molecule has 5 nitrogen and oxygen atoms in total. The maximum absolute atomic E-state index is 12.2. The van der Waals surface area contributed by atoms with E-state index in [2.05, 4.69) is 5.32 Å². The van der Waals surface area contributed by atoms with Crippen LogP contribution < -0.4 is 14.1 Å². The maximum atomic E-state index is 12.2. The molecule has 0 fully saturated rings. The van der Waals surface area contributed by atoms with Crippen LogP contribution in [0.25, 0.3) is 0 Å². The summed E-state index contributed by atoms with van der Waals surface area (Å²) in [6, 6.07) is 10.00. The molecular weight excluding hydrogens is 276 g/mol. The zero-order chi connectivity index (χ0) is 14.8. The number of anilines is 1. The summed E-state index contributed by atoms with van der Waals surface area (Å²) in [5.74, 6) is 0.248. The molecule has 6 heteroatoms. The first-order valence-electron chi connectivity index (χ1n) is 6.11. The van der Waals surface area contributed by atoms with Crippen molar-refractivity contribution in [1.82, 2.24) is 0 Å². The Morgan fingerprint density at radius 2 is 1.80 bits per heavy atom. The van der Waals surface area contributed by atoms with Gasteiger partial charge in [-0.3, -0.25) is 0 Å². The van der Waals surface area contributed by atoms with Gasteiger partial charge in [-0.2, -0.15) is 13.0 Å². The molecule has 0 atom stereocenters. The molecule has 1 aromatic carbocycles. The van der Waals surface area contributed by atoms with Gasteiger partial charge in [-0.1, -0.05) is 17.7 Å². The number of hydrogen-bond donors (Lipinski definition) is 1. The largest absolute Gasteiger partial charge is 0.388 e.